The van der Waals surface area contributed by atoms with Gasteiger partial charge in [-0.25, -0.2) is 9.97 Å². The second-order valence-electron chi connectivity index (χ2n) is 2.25. The molecule has 13 heavy (non-hydrogen) atoms. The molecule has 0 unspecified atom stereocenters. The van der Waals surface area contributed by atoms with E-state index in [4.69, 9.17) is 5.26 Å². The molecule has 0 aliphatic carbocycles. The van der Waals surface area contributed by atoms with Crippen LogP contribution in [-0.2, 0) is 12.6 Å². The number of hydrogen-bond acceptors (Lipinski definition) is 3. The highest BCUT2D eigenvalue weighted by Crippen LogP contribution is 2.25. The lowest BCUT2D eigenvalue weighted by Crippen LogP contribution is -2.10. The predicted molar refractivity (Wildman–Crippen MR) is 36.4 cm³/mol. The van der Waals surface area contributed by atoms with Crippen LogP contribution in [0.25, 0.3) is 0 Å². The number of halogens is 3. The molecule has 0 spiro atoms. The van der Waals surface area contributed by atoms with Crippen molar-refractivity contribution in [3.63, 3.8) is 0 Å². The zero-order chi connectivity index (χ0) is 9.90. The Labute approximate surface area is 71.9 Å². The molecule has 1 rings (SSSR count). The van der Waals surface area contributed by atoms with Gasteiger partial charge in [-0.3, -0.25) is 0 Å². The average Bonchev–Trinajstić information content (AvgIpc) is 2.04. The number of rotatable bonds is 1. The summed E-state index contributed by atoms with van der Waals surface area (Å²) in [7, 11) is 0. The van der Waals surface area contributed by atoms with Crippen LogP contribution in [0.5, 0.6) is 0 Å². The van der Waals surface area contributed by atoms with E-state index in [-0.39, 0.29) is 6.42 Å². The Morgan fingerprint density at radius 2 is 1.85 bits per heavy atom. The van der Waals surface area contributed by atoms with Crippen LogP contribution in [0.3, 0.4) is 0 Å². The van der Waals surface area contributed by atoms with Gasteiger partial charge in [-0.05, 0) is 0 Å². The molecule has 0 saturated heterocycles. The van der Waals surface area contributed by atoms with Gasteiger partial charge in [0.15, 0.2) is 0 Å². The lowest BCUT2D eigenvalue weighted by Gasteiger charge is -2.03. The Morgan fingerprint density at radius 3 is 2.23 bits per heavy atom. The fraction of sp³-hybridized carbons (Fsp3) is 0.286. The normalized spacial score (nSPS) is 10.9. The van der Waals surface area contributed by atoms with Gasteiger partial charge in [0, 0.05) is 18.0 Å². The van der Waals surface area contributed by atoms with Crippen molar-refractivity contribution in [2.75, 3.05) is 0 Å². The van der Waals surface area contributed by atoms with Crippen LogP contribution >= 0.6 is 0 Å². The van der Waals surface area contributed by atoms with E-state index in [0.717, 1.165) is 12.4 Å². The van der Waals surface area contributed by atoms with Crippen molar-refractivity contribution in [1.82, 2.24) is 9.97 Å². The lowest BCUT2D eigenvalue weighted by atomic mass is 10.3. The van der Waals surface area contributed by atoms with Gasteiger partial charge < -0.3 is 0 Å². The summed E-state index contributed by atoms with van der Waals surface area (Å²) >= 11 is 0. The molecule has 1 aromatic rings. The van der Waals surface area contributed by atoms with Crippen LogP contribution in [0.15, 0.2) is 12.4 Å². The fourth-order valence-corrected chi connectivity index (χ4v) is 0.684. The minimum atomic E-state index is -4.52. The first-order valence-corrected chi connectivity index (χ1v) is 3.29. The topological polar surface area (TPSA) is 49.6 Å². The third-order valence-electron chi connectivity index (χ3n) is 1.24. The summed E-state index contributed by atoms with van der Waals surface area (Å²) in [5.74, 6) is -1.19. The largest absolute Gasteiger partial charge is 0.451 e. The van der Waals surface area contributed by atoms with Crippen LogP contribution in [0, 0.1) is 11.3 Å². The molecule has 0 radical (unpaired) electrons. The van der Waals surface area contributed by atoms with Gasteiger partial charge in [0.05, 0.1) is 12.5 Å². The summed E-state index contributed by atoms with van der Waals surface area (Å²) in [6.07, 6.45) is -2.51. The minimum absolute atomic E-state index is 0.0120. The summed E-state index contributed by atoms with van der Waals surface area (Å²) < 4.78 is 35.7. The molecule has 1 heterocycles. The Hall–Kier alpha value is -1.64. The molecular formula is C7H4F3N3. The zero-order valence-corrected chi connectivity index (χ0v) is 6.34. The standard InChI is InChI=1S/C7H4F3N3/c8-7(9,10)6-12-3-5(1-2-11)4-13-6/h3-4H,1H2. The third kappa shape index (κ3) is 2.40. The van der Waals surface area contributed by atoms with E-state index in [1.54, 1.807) is 6.07 Å². The molecule has 1 aromatic heterocycles. The van der Waals surface area contributed by atoms with Crippen molar-refractivity contribution < 1.29 is 13.2 Å². The first-order valence-electron chi connectivity index (χ1n) is 3.29. The van der Waals surface area contributed by atoms with Gasteiger partial charge in [0.1, 0.15) is 0 Å². The maximum Gasteiger partial charge on any atom is 0.451 e. The van der Waals surface area contributed by atoms with Crippen LogP contribution in [0.1, 0.15) is 11.4 Å². The number of nitrogens with zero attached hydrogens (tertiary/aromatic N) is 3. The molecule has 0 bridgehead atoms. The molecule has 6 heteroatoms. The van der Waals surface area contributed by atoms with Crippen molar-refractivity contribution in [1.29, 1.82) is 5.26 Å². The molecular weight excluding hydrogens is 183 g/mol. The van der Waals surface area contributed by atoms with Gasteiger partial charge in [-0.2, -0.15) is 18.4 Å². The SMILES string of the molecule is N#CCc1cnc(C(F)(F)F)nc1. The van der Waals surface area contributed by atoms with Gasteiger partial charge in [-0.15, -0.1) is 0 Å². The first-order chi connectivity index (χ1) is 6.04. The quantitative estimate of drug-likeness (QED) is 0.670. The Bertz CT molecular complexity index is 322. The molecule has 0 N–H and O–H groups in total. The van der Waals surface area contributed by atoms with Crippen LogP contribution in [0.4, 0.5) is 13.2 Å². The highest BCUT2D eigenvalue weighted by atomic mass is 19.4. The molecule has 0 aliphatic rings. The summed E-state index contributed by atoms with van der Waals surface area (Å²) in [6.45, 7) is 0. The highest BCUT2D eigenvalue weighted by Gasteiger charge is 2.34. The Kier molecular flexibility index (Phi) is 2.46. The van der Waals surface area contributed by atoms with Crippen LogP contribution < -0.4 is 0 Å². The van der Waals surface area contributed by atoms with Crippen LogP contribution in [-0.4, -0.2) is 9.97 Å². The second kappa shape index (κ2) is 3.39. The predicted octanol–water partition coefficient (Wildman–Crippen LogP) is 1.56. The first kappa shape index (κ1) is 9.45. The van der Waals surface area contributed by atoms with E-state index in [1.165, 1.54) is 0 Å². The van der Waals surface area contributed by atoms with Gasteiger partial charge in [0.25, 0.3) is 0 Å². The Balaban J connectivity index is 2.89. The van der Waals surface area contributed by atoms with E-state index in [2.05, 4.69) is 9.97 Å². The molecule has 3 nitrogen and oxygen atoms in total. The number of nitriles is 1. The second-order valence-corrected chi connectivity index (χ2v) is 2.25. The molecule has 68 valence electrons. The number of hydrogen-bond donors (Lipinski definition) is 0. The highest BCUT2D eigenvalue weighted by molar-refractivity contribution is 5.10. The number of alkyl halides is 3. The lowest BCUT2D eigenvalue weighted by molar-refractivity contribution is -0.145. The maximum absolute atomic E-state index is 11.9. The molecule has 0 saturated carbocycles. The summed E-state index contributed by atoms with van der Waals surface area (Å²) in [4.78, 5) is 6.16. The summed E-state index contributed by atoms with van der Waals surface area (Å²) in [5, 5.41) is 8.22. The Morgan fingerprint density at radius 1 is 1.31 bits per heavy atom. The van der Waals surface area contributed by atoms with E-state index in [0.29, 0.717) is 5.56 Å². The molecule has 0 fully saturated rings. The van der Waals surface area contributed by atoms with Gasteiger partial charge in [-0.1, -0.05) is 0 Å². The van der Waals surface area contributed by atoms with E-state index >= 15 is 0 Å². The van der Waals surface area contributed by atoms with Gasteiger partial charge >= 0.3 is 6.18 Å². The van der Waals surface area contributed by atoms with E-state index in [1.807, 2.05) is 0 Å². The van der Waals surface area contributed by atoms with Crippen molar-refractivity contribution in [3.8, 4) is 6.07 Å². The molecule has 0 amide bonds. The zero-order valence-electron chi connectivity index (χ0n) is 6.34. The summed E-state index contributed by atoms with van der Waals surface area (Å²) in [5.41, 5.74) is 0.371. The monoisotopic (exact) mass is 187 g/mol. The molecule has 0 aromatic carbocycles. The van der Waals surface area contributed by atoms with Gasteiger partial charge in [0.2, 0.25) is 5.82 Å². The maximum atomic E-state index is 11.9. The van der Waals surface area contributed by atoms with Crippen LogP contribution in [0.2, 0.25) is 0 Å². The third-order valence-corrected chi connectivity index (χ3v) is 1.24. The van der Waals surface area contributed by atoms with E-state index < -0.39 is 12.0 Å². The van der Waals surface area contributed by atoms with Crippen molar-refractivity contribution in [2.45, 2.75) is 12.6 Å². The average molecular weight is 187 g/mol. The molecule has 0 aliphatic heterocycles. The summed E-state index contributed by atoms with van der Waals surface area (Å²) in [6, 6.07) is 1.78. The minimum Gasteiger partial charge on any atom is -0.233 e. The van der Waals surface area contributed by atoms with Crippen molar-refractivity contribution in [2.24, 2.45) is 0 Å². The number of aromatic nitrogens is 2. The molecule has 0 atom stereocenters. The smallest absolute Gasteiger partial charge is 0.233 e. The van der Waals surface area contributed by atoms with Crippen molar-refractivity contribution >= 4 is 0 Å². The van der Waals surface area contributed by atoms with Crippen molar-refractivity contribution in [3.05, 3.63) is 23.8 Å². The fourth-order valence-electron chi connectivity index (χ4n) is 0.684. The van der Waals surface area contributed by atoms with E-state index in [9.17, 15) is 13.2 Å².